The summed E-state index contributed by atoms with van der Waals surface area (Å²) in [6.07, 6.45) is 2.71. The number of halogens is 1. The van der Waals surface area contributed by atoms with E-state index < -0.39 is 0 Å². The Labute approximate surface area is 174 Å². The number of anilines is 2. The highest BCUT2D eigenvalue weighted by atomic mass is 79.9. The summed E-state index contributed by atoms with van der Waals surface area (Å²) in [6, 6.07) is 10.4. The van der Waals surface area contributed by atoms with E-state index in [0.717, 1.165) is 42.3 Å². The van der Waals surface area contributed by atoms with Crippen LogP contribution in [-0.2, 0) is 6.54 Å². The van der Waals surface area contributed by atoms with Crippen molar-refractivity contribution in [3.05, 3.63) is 47.0 Å². The largest absolute Gasteiger partial charge is 0.461 e. The SMILES string of the molecule is Nc1nc(N2CC3CC2CN3Cc2ccc(Br)o2)cc2nc(-c3ccco3)nn12. The Hall–Kier alpha value is -2.85. The predicted octanol–water partition coefficient (Wildman–Crippen LogP) is 2.79. The Balaban J connectivity index is 1.25. The summed E-state index contributed by atoms with van der Waals surface area (Å²) in [6.45, 7) is 2.71. The Bertz CT molecular complexity index is 1180. The maximum atomic E-state index is 6.19. The van der Waals surface area contributed by atoms with Gasteiger partial charge in [-0.3, -0.25) is 4.90 Å². The van der Waals surface area contributed by atoms with Crippen molar-refractivity contribution in [1.29, 1.82) is 0 Å². The van der Waals surface area contributed by atoms with Gasteiger partial charge in [0.05, 0.1) is 12.8 Å². The van der Waals surface area contributed by atoms with Gasteiger partial charge in [0.15, 0.2) is 16.1 Å². The molecule has 2 bridgehead atoms. The molecule has 0 amide bonds. The van der Waals surface area contributed by atoms with Gasteiger partial charge >= 0.3 is 0 Å². The molecule has 10 heteroatoms. The summed E-state index contributed by atoms with van der Waals surface area (Å²) in [5.74, 6) is 3.26. The van der Waals surface area contributed by atoms with Crippen LogP contribution in [0.5, 0.6) is 0 Å². The molecule has 0 aromatic carbocycles. The average molecular weight is 456 g/mol. The molecule has 2 unspecified atom stereocenters. The van der Waals surface area contributed by atoms with E-state index >= 15 is 0 Å². The normalized spacial score (nSPS) is 21.6. The van der Waals surface area contributed by atoms with E-state index in [1.807, 2.05) is 30.3 Å². The molecule has 2 saturated heterocycles. The summed E-state index contributed by atoms with van der Waals surface area (Å²) < 4.78 is 13.4. The van der Waals surface area contributed by atoms with Crippen LogP contribution in [0.4, 0.5) is 11.8 Å². The fourth-order valence-corrected chi connectivity index (χ4v) is 4.76. The van der Waals surface area contributed by atoms with Crippen LogP contribution in [0.15, 0.2) is 50.1 Å². The van der Waals surface area contributed by atoms with Crippen molar-refractivity contribution in [3.8, 4) is 11.6 Å². The van der Waals surface area contributed by atoms with Crippen LogP contribution in [0.3, 0.4) is 0 Å². The number of hydrogen-bond donors (Lipinski definition) is 1. The highest BCUT2D eigenvalue weighted by molar-refractivity contribution is 9.10. The number of likely N-dealkylation sites (tertiary alicyclic amines) is 1. The number of nitrogens with two attached hydrogens (primary N) is 1. The van der Waals surface area contributed by atoms with Crippen LogP contribution in [0.2, 0.25) is 0 Å². The Morgan fingerprint density at radius 1 is 1.17 bits per heavy atom. The van der Waals surface area contributed by atoms with Crippen molar-refractivity contribution in [2.45, 2.75) is 25.0 Å². The smallest absolute Gasteiger partial charge is 0.225 e. The second-order valence-electron chi connectivity index (χ2n) is 7.49. The van der Waals surface area contributed by atoms with E-state index in [0.29, 0.717) is 35.3 Å². The minimum atomic E-state index is 0.322. The first-order chi connectivity index (χ1) is 14.1. The first-order valence-electron chi connectivity index (χ1n) is 9.46. The molecule has 6 heterocycles. The number of aromatic nitrogens is 4. The quantitative estimate of drug-likeness (QED) is 0.500. The second kappa shape index (κ2) is 6.33. The Morgan fingerprint density at radius 3 is 2.83 bits per heavy atom. The monoisotopic (exact) mass is 455 g/mol. The summed E-state index contributed by atoms with van der Waals surface area (Å²) in [5.41, 5.74) is 6.85. The molecular formula is C19H18BrN7O2. The van der Waals surface area contributed by atoms with Crippen molar-refractivity contribution in [2.24, 2.45) is 0 Å². The lowest BCUT2D eigenvalue weighted by atomic mass is 10.2. The zero-order chi connectivity index (χ0) is 19.5. The van der Waals surface area contributed by atoms with Crippen LogP contribution in [0, 0.1) is 0 Å². The Morgan fingerprint density at radius 2 is 2.10 bits per heavy atom. The molecule has 2 fully saturated rings. The lowest BCUT2D eigenvalue weighted by Gasteiger charge is -2.34. The molecule has 29 heavy (non-hydrogen) atoms. The molecule has 0 spiro atoms. The van der Waals surface area contributed by atoms with Crippen molar-refractivity contribution in [2.75, 3.05) is 23.7 Å². The fraction of sp³-hybridized carbons (Fsp3) is 0.316. The lowest BCUT2D eigenvalue weighted by molar-refractivity contribution is 0.211. The number of piperazine rings is 1. The van der Waals surface area contributed by atoms with Gasteiger partial charge in [0.1, 0.15) is 11.6 Å². The molecular weight excluding hydrogens is 438 g/mol. The first kappa shape index (κ1) is 17.0. The average Bonchev–Trinajstić information content (AvgIpc) is 3.50. The molecule has 4 aromatic rings. The lowest BCUT2D eigenvalue weighted by Crippen LogP contribution is -2.46. The fourth-order valence-electron chi connectivity index (χ4n) is 4.42. The third-order valence-corrected chi connectivity index (χ3v) is 6.14. The molecule has 0 aliphatic carbocycles. The number of fused-ring (bicyclic) bond motifs is 3. The van der Waals surface area contributed by atoms with Gasteiger partial charge in [0.25, 0.3) is 0 Å². The molecule has 2 aliphatic rings. The van der Waals surface area contributed by atoms with E-state index in [9.17, 15) is 0 Å². The van der Waals surface area contributed by atoms with Crippen molar-refractivity contribution in [1.82, 2.24) is 24.5 Å². The maximum Gasteiger partial charge on any atom is 0.225 e. The van der Waals surface area contributed by atoms with Crippen LogP contribution in [0.1, 0.15) is 12.2 Å². The maximum absolute atomic E-state index is 6.19. The predicted molar refractivity (Wildman–Crippen MR) is 109 cm³/mol. The highest BCUT2D eigenvalue weighted by Gasteiger charge is 2.44. The second-order valence-corrected chi connectivity index (χ2v) is 8.27. The minimum absolute atomic E-state index is 0.322. The number of hydrogen-bond acceptors (Lipinski definition) is 8. The van der Waals surface area contributed by atoms with E-state index in [2.05, 4.69) is 40.8 Å². The van der Waals surface area contributed by atoms with Gasteiger partial charge < -0.3 is 19.5 Å². The molecule has 0 radical (unpaired) electrons. The minimum Gasteiger partial charge on any atom is -0.461 e. The summed E-state index contributed by atoms with van der Waals surface area (Å²) >= 11 is 3.37. The molecule has 6 rings (SSSR count). The molecule has 2 aliphatic heterocycles. The third-order valence-electron chi connectivity index (χ3n) is 5.71. The highest BCUT2D eigenvalue weighted by Crippen LogP contribution is 2.35. The van der Waals surface area contributed by atoms with E-state index in [-0.39, 0.29) is 0 Å². The third kappa shape index (κ3) is 2.82. The van der Waals surface area contributed by atoms with Crippen LogP contribution >= 0.6 is 15.9 Å². The van der Waals surface area contributed by atoms with Crippen LogP contribution < -0.4 is 10.6 Å². The zero-order valence-corrected chi connectivity index (χ0v) is 17.0. The van der Waals surface area contributed by atoms with Gasteiger partial charge in [-0.15, -0.1) is 5.10 Å². The Kier molecular flexibility index (Phi) is 3.72. The van der Waals surface area contributed by atoms with E-state index in [1.165, 1.54) is 0 Å². The molecule has 148 valence electrons. The van der Waals surface area contributed by atoms with Crippen molar-refractivity contribution < 1.29 is 8.83 Å². The number of nitrogen functional groups attached to an aromatic ring is 1. The van der Waals surface area contributed by atoms with Gasteiger partial charge in [-0.1, -0.05) is 0 Å². The zero-order valence-electron chi connectivity index (χ0n) is 15.4. The summed E-state index contributed by atoms with van der Waals surface area (Å²) in [7, 11) is 0. The van der Waals surface area contributed by atoms with Gasteiger partial charge in [0.2, 0.25) is 11.8 Å². The van der Waals surface area contributed by atoms with Crippen LogP contribution in [-0.4, -0.2) is 49.7 Å². The molecule has 2 N–H and O–H groups in total. The van der Waals surface area contributed by atoms with E-state index in [4.69, 9.17) is 14.6 Å². The van der Waals surface area contributed by atoms with Gasteiger partial charge in [-0.2, -0.15) is 9.50 Å². The molecule has 0 saturated carbocycles. The van der Waals surface area contributed by atoms with Crippen molar-refractivity contribution >= 4 is 33.3 Å². The summed E-state index contributed by atoms with van der Waals surface area (Å²) in [4.78, 5) is 14.0. The molecule has 2 atom stereocenters. The summed E-state index contributed by atoms with van der Waals surface area (Å²) in [5, 5.41) is 4.41. The first-order valence-corrected chi connectivity index (χ1v) is 10.3. The van der Waals surface area contributed by atoms with Crippen molar-refractivity contribution in [3.63, 3.8) is 0 Å². The van der Waals surface area contributed by atoms with E-state index in [1.54, 1.807) is 10.8 Å². The molecule has 9 nitrogen and oxygen atoms in total. The van der Waals surface area contributed by atoms with Gasteiger partial charge in [-0.05, 0) is 46.6 Å². The number of furan rings is 2. The van der Waals surface area contributed by atoms with Crippen LogP contribution in [0.25, 0.3) is 17.2 Å². The standard InChI is InChI=1S/C19H18BrN7O2/c20-15-4-3-13(29-15)10-25-8-12-6-11(25)9-26(12)16-7-17-22-18(14-2-1-5-28-14)24-27(17)19(21)23-16/h1-5,7,11-12H,6,8-10H2,(H2,21,23). The molecule has 4 aromatic heterocycles. The topological polar surface area (TPSA) is 102 Å². The van der Waals surface area contributed by atoms with Gasteiger partial charge in [-0.25, -0.2) is 4.98 Å². The number of nitrogens with zero attached hydrogens (tertiary/aromatic N) is 6. The van der Waals surface area contributed by atoms with Gasteiger partial charge in [0, 0.05) is 31.2 Å². The number of rotatable bonds is 4.